The Hall–Kier alpha value is -1.36. The highest BCUT2D eigenvalue weighted by Crippen LogP contribution is 2.29. The summed E-state index contributed by atoms with van der Waals surface area (Å²) in [6, 6.07) is 4.67. The van der Waals surface area contributed by atoms with E-state index in [0.717, 1.165) is 12.1 Å². The number of carbonyl (C=O) groups is 1. The van der Waals surface area contributed by atoms with E-state index in [9.17, 15) is 18.0 Å². The Morgan fingerprint density at radius 2 is 1.67 bits per heavy atom. The van der Waals surface area contributed by atoms with Gasteiger partial charge in [-0.2, -0.15) is 13.2 Å². The third-order valence-electron chi connectivity index (χ3n) is 2.97. The molecule has 18 heavy (non-hydrogen) atoms. The number of carbonyl (C=O) groups excluding carboxylic acids is 1. The molecule has 0 atom stereocenters. The third kappa shape index (κ3) is 3.57. The largest absolute Gasteiger partial charge is 0.416 e. The lowest BCUT2D eigenvalue weighted by atomic mass is 9.93. The van der Waals surface area contributed by atoms with Gasteiger partial charge >= 0.3 is 6.18 Å². The molecule has 0 aliphatic heterocycles. The Morgan fingerprint density at radius 3 is 2.06 bits per heavy atom. The van der Waals surface area contributed by atoms with Gasteiger partial charge in [-0.1, -0.05) is 12.1 Å². The summed E-state index contributed by atoms with van der Waals surface area (Å²) in [6.45, 7) is 3.47. The maximum Gasteiger partial charge on any atom is 0.416 e. The number of alkyl halides is 3. The van der Waals surface area contributed by atoms with E-state index in [1.54, 1.807) is 20.9 Å². The van der Waals surface area contributed by atoms with Gasteiger partial charge in [0.2, 0.25) is 0 Å². The molecule has 0 bridgehead atoms. The van der Waals surface area contributed by atoms with Crippen molar-refractivity contribution in [1.82, 2.24) is 5.32 Å². The molecule has 1 aromatic carbocycles. The summed E-state index contributed by atoms with van der Waals surface area (Å²) >= 11 is 0. The van der Waals surface area contributed by atoms with Crippen molar-refractivity contribution in [2.24, 2.45) is 0 Å². The van der Waals surface area contributed by atoms with Crippen molar-refractivity contribution in [2.75, 3.05) is 7.05 Å². The Balaban J connectivity index is 2.79. The van der Waals surface area contributed by atoms with Gasteiger partial charge in [0.25, 0.3) is 0 Å². The number of nitrogens with one attached hydrogen (secondary N) is 1. The Labute approximate surface area is 104 Å². The molecule has 5 heteroatoms. The molecule has 100 valence electrons. The van der Waals surface area contributed by atoms with Crippen LogP contribution in [-0.4, -0.2) is 18.4 Å². The predicted molar refractivity (Wildman–Crippen MR) is 63.3 cm³/mol. The normalized spacial score (nSPS) is 12.6. The Kier molecular flexibility index (Phi) is 4.16. The molecule has 1 aromatic rings. The zero-order chi connectivity index (χ0) is 14.0. The third-order valence-corrected chi connectivity index (χ3v) is 2.97. The van der Waals surface area contributed by atoms with Gasteiger partial charge in [0.15, 0.2) is 5.78 Å². The van der Waals surface area contributed by atoms with Crippen LogP contribution in [0.3, 0.4) is 0 Å². The smallest absolute Gasteiger partial charge is 0.308 e. The van der Waals surface area contributed by atoms with E-state index < -0.39 is 17.3 Å². The van der Waals surface area contributed by atoms with E-state index in [2.05, 4.69) is 5.32 Å². The van der Waals surface area contributed by atoms with Crippen molar-refractivity contribution >= 4 is 5.78 Å². The molecular formula is C13H16F3NO. The second-order valence-electron chi connectivity index (χ2n) is 4.67. The predicted octanol–water partition coefficient (Wildman–Crippen LogP) is 2.82. The molecule has 0 unspecified atom stereocenters. The van der Waals surface area contributed by atoms with Crippen LogP contribution in [0.25, 0.3) is 0 Å². The van der Waals surface area contributed by atoms with E-state index in [0.29, 0.717) is 5.56 Å². The molecule has 0 aromatic heterocycles. The van der Waals surface area contributed by atoms with Crippen LogP contribution in [0.2, 0.25) is 0 Å². The molecular weight excluding hydrogens is 243 g/mol. The number of halogens is 3. The van der Waals surface area contributed by atoms with Crippen LogP contribution >= 0.6 is 0 Å². The molecule has 1 N–H and O–H groups in total. The number of rotatable bonds is 4. The van der Waals surface area contributed by atoms with Crippen molar-refractivity contribution in [3.05, 3.63) is 35.4 Å². The van der Waals surface area contributed by atoms with Crippen LogP contribution < -0.4 is 5.32 Å². The van der Waals surface area contributed by atoms with E-state index in [1.165, 1.54) is 12.1 Å². The highest BCUT2D eigenvalue weighted by molar-refractivity contribution is 5.89. The molecule has 2 nitrogen and oxygen atoms in total. The van der Waals surface area contributed by atoms with Gasteiger partial charge in [0.1, 0.15) is 0 Å². The summed E-state index contributed by atoms with van der Waals surface area (Å²) in [6.07, 6.45) is -4.22. The van der Waals surface area contributed by atoms with Gasteiger partial charge in [0, 0.05) is 6.42 Å². The summed E-state index contributed by atoms with van der Waals surface area (Å²) in [5.74, 6) is -0.0650. The highest BCUT2D eigenvalue weighted by Gasteiger charge is 2.30. The summed E-state index contributed by atoms with van der Waals surface area (Å²) in [5, 5.41) is 2.87. The van der Waals surface area contributed by atoms with E-state index in [4.69, 9.17) is 0 Å². The second-order valence-corrected chi connectivity index (χ2v) is 4.67. The number of benzene rings is 1. The maximum atomic E-state index is 12.3. The summed E-state index contributed by atoms with van der Waals surface area (Å²) < 4.78 is 37.0. The minimum atomic E-state index is -4.34. The SMILES string of the molecule is CNC(C)(C)C(=O)Cc1ccc(C(F)(F)F)cc1. The Morgan fingerprint density at radius 1 is 1.17 bits per heavy atom. The highest BCUT2D eigenvalue weighted by atomic mass is 19.4. The number of likely N-dealkylation sites (N-methyl/N-ethyl adjacent to an activating group) is 1. The molecule has 0 saturated heterocycles. The van der Waals surface area contributed by atoms with Crippen molar-refractivity contribution < 1.29 is 18.0 Å². The fraction of sp³-hybridized carbons (Fsp3) is 0.462. The quantitative estimate of drug-likeness (QED) is 0.900. The zero-order valence-electron chi connectivity index (χ0n) is 10.6. The van der Waals surface area contributed by atoms with Gasteiger partial charge in [-0.05, 0) is 38.6 Å². The fourth-order valence-corrected chi connectivity index (χ4v) is 1.36. The topological polar surface area (TPSA) is 29.1 Å². The van der Waals surface area contributed by atoms with Crippen molar-refractivity contribution in [1.29, 1.82) is 0 Å². The van der Waals surface area contributed by atoms with Gasteiger partial charge in [-0.3, -0.25) is 4.79 Å². The standard InChI is InChI=1S/C13H16F3NO/c1-12(2,17-3)11(18)8-9-4-6-10(7-5-9)13(14,15)16/h4-7,17H,8H2,1-3H3. The van der Waals surface area contributed by atoms with Crippen LogP contribution in [0, 0.1) is 0 Å². The van der Waals surface area contributed by atoms with Crippen LogP contribution in [-0.2, 0) is 17.4 Å². The molecule has 0 spiro atoms. The first-order valence-corrected chi connectivity index (χ1v) is 5.55. The Bertz CT molecular complexity index is 421. The first kappa shape index (κ1) is 14.7. The van der Waals surface area contributed by atoms with Crippen LogP contribution in [0.15, 0.2) is 24.3 Å². The van der Waals surface area contributed by atoms with Gasteiger partial charge in [0.05, 0.1) is 11.1 Å². The number of Topliss-reactive ketones (excluding diaryl/α,β-unsaturated/α-hetero) is 1. The molecule has 1 rings (SSSR count). The number of ketones is 1. The summed E-state index contributed by atoms with van der Waals surface area (Å²) in [5.41, 5.74) is -0.800. The summed E-state index contributed by atoms with van der Waals surface area (Å²) in [7, 11) is 1.67. The average molecular weight is 259 g/mol. The lowest BCUT2D eigenvalue weighted by Crippen LogP contribution is -2.45. The van der Waals surface area contributed by atoms with Gasteiger partial charge in [-0.25, -0.2) is 0 Å². The molecule has 0 fully saturated rings. The average Bonchev–Trinajstić information content (AvgIpc) is 2.28. The van der Waals surface area contributed by atoms with Crippen LogP contribution in [0.5, 0.6) is 0 Å². The fourth-order valence-electron chi connectivity index (χ4n) is 1.36. The van der Waals surface area contributed by atoms with Gasteiger partial charge in [-0.15, -0.1) is 0 Å². The van der Waals surface area contributed by atoms with E-state index in [-0.39, 0.29) is 12.2 Å². The molecule has 0 radical (unpaired) electrons. The molecule has 0 aliphatic rings. The molecule has 0 saturated carbocycles. The van der Waals surface area contributed by atoms with Crippen molar-refractivity contribution in [2.45, 2.75) is 32.0 Å². The first-order valence-electron chi connectivity index (χ1n) is 5.55. The van der Waals surface area contributed by atoms with Crippen molar-refractivity contribution in [3.8, 4) is 0 Å². The zero-order valence-corrected chi connectivity index (χ0v) is 10.6. The molecule has 0 aliphatic carbocycles. The lowest BCUT2D eigenvalue weighted by molar-refractivity contribution is -0.137. The number of hydrogen-bond donors (Lipinski definition) is 1. The minimum absolute atomic E-state index is 0.0650. The van der Waals surface area contributed by atoms with Crippen LogP contribution in [0.4, 0.5) is 13.2 Å². The van der Waals surface area contributed by atoms with E-state index in [1.807, 2.05) is 0 Å². The van der Waals surface area contributed by atoms with Gasteiger partial charge < -0.3 is 5.32 Å². The first-order chi connectivity index (χ1) is 8.16. The van der Waals surface area contributed by atoms with E-state index >= 15 is 0 Å². The van der Waals surface area contributed by atoms with Crippen LogP contribution in [0.1, 0.15) is 25.0 Å². The summed E-state index contributed by atoms with van der Waals surface area (Å²) in [4.78, 5) is 11.9. The lowest BCUT2D eigenvalue weighted by Gasteiger charge is -2.22. The molecule has 0 amide bonds. The number of hydrogen-bond acceptors (Lipinski definition) is 2. The second kappa shape index (κ2) is 5.10. The molecule has 0 heterocycles. The maximum absolute atomic E-state index is 12.3. The van der Waals surface area contributed by atoms with Crippen molar-refractivity contribution in [3.63, 3.8) is 0 Å². The monoisotopic (exact) mass is 259 g/mol. The minimum Gasteiger partial charge on any atom is -0.308 e.